The summed E-state index contributed by atoms with van der Waals surface area (Å²) in [6.07, 6.45) is 3.95. The molecule has 2 atom stereocenters. The normalized spacial score (nSPS) is 24.6. The summed E-state index contributed by atoms with van der Waals surface area (Å²) in [5.41, 5.74) is 5.39. The zero-order valence-electron chi connectivity index (χ0n) is 14.6. The van der Waals surface area contributed by atoms with Crippen molar-refractivity contribution in [1.82, 2.24) is 0 Å². The van der Waals surface area contributed by atoms with Gasteiger partial charge in [0.25, 0.3) is 0 Å². The van der Waals surface area contributed by atoms with Crippen molar-refractivity contribution in [2.75, 3.05) is 13.7 Å². The van der Waals surface area contributed by atoms with Gasteiger partial charge in [0.2, 0.25) is 0 Å². The van der Waals surface area contributed by atoms with E-state index in [1.807, 2.05) is 0 Å². The highest BCUT2D eigenvalue weighted by Gasteiger charge is 2.38. The number of aryl methyl sites for hydroxylation is 3. The lowest BCUT2D eigenvalue weighted by Crippen LogP contribution is -2.18. The third-order valence-electron chi connectivity index (χ3n) is 5.07. The number of hydrogen-bond acceptors (Lipinski definition) is 3. The van der Waals surface area contributed by atoms with Crippen LogP contribution in [0.3, 0.4) is 0 Å². The molecule has 1 saturated heterocycles. The fourth-order valence-electron chi connectivity index (χ4n) is 4.12. The molecule has 1 aliphatic carbocycles. The van der Waals surface area contributed by atoms with Crippen LogP contribution < -0.4 is 0 Å². The van der Waals surface area contributed by atoms with Gasteiger partial charge < -0.3 is 9.47 Å². The molecule has 3 nitrogen and oxygen atoms in total. The van der Waals surface area contributed by atoms with Crippen LogP contribution in [0.15, 0.2) is 17.9 Å². The molecule has 1 heterocycles. The van der Waals surface area contributed by atoms with E-state index in [-0.39, 0.29) is 17.8 Å². The van der Waals surface area contributed by atoms with Crippen LogP contribution in [0.5, 0.6) is 0 Å². The molecule has 2 unspecified atom stereocenters. The molecular formula is C20H26O3. The van der Waals surface area contributed by atoms with Crippen molar-refractivity contribution >= 4 is 11.4 Å². The Morgan fingerprint density at radius 1 is 1.22 bits per heavy atom. The van der Waals surface area contributed by atoms with Crippen molar-refractivity contribution in [3.8, 4) is 0 Å². The van der Waals surface area contributed by atoms with Crippen molar-refractivity contribution in [2.45, 2.75) is 52.6 Å². The van der Waals surface area contributed by atoms with Crippen molar-refractivity contribution in [3.05, 3.63) is 40.1 Å². The van der Waals surface area contributed by atoms with Gasteiger partial charge in [0.15, 0.2) is 5.78 Å². The minimum Gasteiger partial charge on any atom is -0.500 e. The van der Waals surface area contributed by atoms with Gasteiger partial charge in [0, 0.05) is 18.9 Å². The molecule has 23 heavy (non-hydrogen) atoms. The second-order valence-corrected chi connectivity index (χ2v) is 6.91. The standard InChI is InChI=1S/C20H26O3/c1-12-8-13(2)18(14(3)9-12)19-17(22-4)11-15(20(19)21)10-16-6-5-7-23-16/h8-9,15-16H,5-7,10-11H2,1-4H3. The number of rotatable bonds is 4. The van der Waals surface area contributed by atoms with Crippen molar-refractivity contribution < 1.29 is 14.3 Å². The first-order valence-electron chi connectivity index (χ1n) is 8.52. The number of hydrogen-bond donors (Lipinski definition) is 0. The van der Waals surface area contributed by atoms with Gasteiger partial charge >= 0.3 is 0 Å². The number of ketones is 1. The molecule has 124 valence electrons. The van der Waals surface area contributed by atoms with Crippen LogP contribution in [0.2, 0.25) is 0 Å². The Balaban J connectivity index is 1.92. The van der Waals surface area contributed by atoms with Crippen molar-refractivity contribution in [2.24, 2.45) is 5.92 Å². The summed E-state index contributed by atoms with van der Waals surface area (Å²) in [4.78, 5) is 13.1. The summed E-state index contributed by atoms with van der Waals surface area (Å²) in [5.74, 6) is 1.07. The Morgan fingerprint density at radius 2 is 1.91 bits per heavy atom. The van der Waals surface area contributed by atoms with E-state index in [2.05, 4.69) is 32.9 Å². The maximum absolute atomic E-state index is 13.1. The highest BCUT2D eigenvalue weighted by Crippen LogP contribution is 2.40. The van der Waals surface area contributed by atoms with E-state index in [0.717, 1.165) is 53.9 Å². The number of allylic oxidation sites excluding steroid dienone is 2. The fourth-order valence-corrected chi connectivity index (χ4v) is 4.12. The molecule has 1 aromatic carbocycles. The van der Waals surface area contributed by atoms with Crippen LogP contribution in [0, 0.1) is 26.7 Å². The third-order valence-corrected chi connectivity index (χ3v) is 5.07. The molecule has 1 aromatic rings. The van der Waals surface area contributed by atoms with Crippen molar-refractivity contribution in [3.63, 3.8) is 0 Å². The average Bonchev–Trinajstić information content (AvgIpc) is 3.09. The topological polar surface area (TPSA) is 35.5 Å². The van der Waals surface area contributed by atoms with Crippen LogP contribution in [0.4, 0.5) is 0 Å². The fraction of sp³-hybridized carbons (Fsp3) is 0.550. The van der Waals surface area contributed by atoms with E-state index in [0.29, 0.717) is 6.42 Å². The van der Waals surface area contributed by atoms with Gasteiger partial charge in [0.1, 0.15) is 5.76 Å². The summed E-state index contributed by atoms with van der Waals surface area (Å²) in [7, 11) is 1.68. The number of carbonyl (C=O) groups is 1. The van der Waals surface area contributed by atoms with Crippen LogP contribution in [-0.2, 0) is 14.3 Å². The molecule has 0 N–H and O–H groups in total. The van der Waals surface area contributed by atoms with E-state index in [1.165, 1.54) is 5.56 Å². The number of methoxy groups -OCH3 is 1. The highest BCUT2D eigenvalue weighted by atomic mass is 16.5. The second kappa shape index (κ2) is 6.48. The average molecular weight is 314 g/mol. The first kappa shape index (κ1) is 16.3. The van der Waals surface area contributed by atoms with E-state index < -0.39 is 0 Å². The molecule has 0 bridgehead atoms. The number of benzene rings is 1. The summed E-state index contributed by atoms with van der Waals surface area (Å²) in [6, 6.07) is 4.28. The first-order valence-corrected chi connectivity index (χ1v) is 8.52. The Bertz CT molecular complexity index is 628. The molecule has 0 amide bonds. The molecule has 1 fully saturated rings. The van der Waals surface area contributed by atoms with E-state index in [9.17, 15) is 4.79 Å². The predicted octanol–water partition coefficient (Wildman–Crippen LogP) is 4.13. The molecule has 0 radical (unpaired) electrons. The van der Waals surface area contributed by atoms with Crippen molar-refractivity contribution in [1.29, 1.82) is 0 Å². The molecule has 1 aliphatic heterocycles. The Kier molecular flexibility index (Phi) is 4.58. The van der Waals surface area contributed by atoms with Gasteiger partial charge in [-0.25, -0.2) is 0 Å². The molecule has 0 aromatic heterocycles. The zero-order chi connectivity index (χ0) is 16.6. The van der Waals surface area contributed by atoms with E-state index in [1.54, 1.807) is 7.11 Å². The highest BCUT2D eigenvalue weighted by molar-refractivity contribution is 6.25. The lowest BCUT2D eigenvalue weighted by Gasteiger charge is -2.15. The minimum atomic E-state index is 0.00292. The summed E-state index contributed by atoms with van der Waals surface area (Å²) in [5, 5.41) is 0. The lowest BCUT2D eigenvalue weighted by molar-refractivity contribution is -0.117. The quantitative estimate of drug-likeness (QED) is 0.838. The third kappa shape index (κ3) is 3.07. The van der Waals surface area contributed by atoms with Gasteiger partial charge in [-0.2, -0.15) is 0 Å². The zero-order valence-corrected chi connectivity index (χ0v) is 14.6. The molecule has 3 rings (SSSR count). The SMILES string of the molecule is COC1=C(c2c(C)cc(C)cc2C)C(=O)C(CC2CCCO2)C1. The van der Waals surface area contributed by atoms with Gasteiger partial charge in [-0.05, 0) is 56.7 Å². The summed E-state index contributed by atoms with van der Waals surface area (Å²) >= 11 is 0. The van der Waals surface area contributed by atoms with E-state index in [4.69, 9.17) is 9.47 Å². The largest absolute Gasteiger partial charge is 0.500 e. The first-order chi connectivity index (χ1) is 11.0. The Hall–Kier alpha value is -1.61. The molecular weight excluding hydrogens is 288 g/mol. The summed E-state index contributed by atoms with van der Waals surface area (Å²) in [6.45, 7) is 7.08. The van der Waals surface area contributed by atoms with Crippen LogP contribution >= 0.6 is 0 Å². The van der Waals surface area contributed by atoms with Crippen LogP contribution in [0.1, 0.15) is 47.9 Å². The Morgan fingerprint density at radius 3 is 2.48 bits per heavy atom. The number of carbonyl (C=O) groups excluding carboxylic acids is 1. The van der Waals surface area contributed by atoms with E-state index >= 15 is 0 Å². The lowest BCUT2D eigenvalue weighted by atomic mass is 9.89. The second-order valence-electron chi connectivity index (χ2n) is 6.91. The smallest absolute Gasteiger partial charge is 0.170 e. The molecule has 0 saturated carbocycles. The molecule has 3 heteroatoms. The van der Waals surface area contributed by atoms with Gasteiger partial charge in [-0.3, -0.25) is 4.79 Å². The monoisotopic (exact) mass is 314 g/mol. The van der Waals surface area contributed by atoms with Gasteiger partial charge in [-0.1, -0.05) is 17.7 Å². The maximum Gasteiger partial charge on any atom is 0.170 e. The number of ether oxygens (including phenoxy) is 2. The number of Topliss-reactive ketones (excluding diaryl/α,β-unsaturated/α-hetero) is 1. The molecule has 0 spiro atoms. The molecule has 2 aliphatic rings. The van der Waals surface area contributed by atoms with Crippen LogP contribution in [0.25, 0.3) is 5.57 Å². The summed E-state index contributed by atoms with van der Waals surface area (Å²) < 4.78 is 11.3. The minimum absolute atomic E-state index is 0.00292. The Labute approximate surface area is 138 Å². The predicted molar refractivity (Wildman–Crippen MR) is 91.3 cm³/mol. The van der Waals surface area contributed by atoms with Gasteiger partial charge in [-0.15, -0.1) is 0 Å². The van der Waals surface area contributed by atoms with Crippen LogP contribution in [-0.4, -0.2) is 25.6 Å². The maximum atomic E-state index is 13.1. The van der Waals surface area contributed by atoms with Gasteiger partial charge in [0.05, 0.1) is 18.8 Å².